The zero-order chi connectivity index (χ0) is 24.1. The molecule has 202 valence electrons. The van der Waals surface area contributed by atoms with Crippen LogP contribution in [0.4, 0.5) is 0 Å². The van der Waals surface area contributed by atoms with Crippen LogP contribution in [0.1, 0.15) is 124 Å². The van der Waals surface area contributed by atoms with Crippen LogP contribution < -0.4 is 11.1 Å². The fourth-order valence-electron chi connectivity index (χ4n) is 4.24. The largest absolute Gasteiger partial charge is 0.501 e. The molecule has 33 heavy (non-hydrogen) atoms. The smallest absolute Gasteiger partial charge is 0.377 e. The standard InChI is InChI=1S/C26H58N2O3Si.ClH/c1-7-8-9-10-11-12-13-14-15-16-17-18-19-20-21-22-23-28-26(2,3)25(27)24-32(29-4,30-5)31-6;/h25,28H,7-24,27H2,1-6H3;1H. The van der Waals surface area contributed by atoms with Crippen molar-refractivity contribution < 1.29 is 13.3 Å². The molecule has 1 unspecified atom stereocenters. The van der Waals surface area contributed by atoms with Gasteiger partial charge in [0.2, 0.25) is 0 Å². The number of hydrogen-bond acceptors (Lipinski definition) is 5. The lowest BCUT2D eigenvalue weighted by molar-refractivity contribution is 0.117. The van der Waals surface area contributed by atoms with E-state index in [1.807, 2.05) is 0 Å². The Morgan fingerprint density at radius 1 is 0.667 bits per heavy atom. The second-order valence-electron chi connectivity index (χ2n) is 10.1. The number of nitrogens with one attached hydrogen (secondary N) is 1. The molecule has 0 aliphatic rings. The average molecular weight is 511 g/mol. The van der Waals surface area contributed by atoms with Crippen molar-refractivity contribution in [1.82, 2.24) is 5.32 Å². The van der Waals surface area contributed by atoms with E-state index >= 15 is 0 Å². The van der Waals surface area contributed by atoms with E-state index in [2.05, 4.69) is 26.1 Å². The van der Waals surface area contributed by atoms with Gasteiger partial charge >= 0.3 is 8.80 Å². The first-order chi connectivity index (χ1) is 15.4. The van der Waals surface area contributed by atoms with Gasteiger partial charge in [0.05, 0.1) is 0 Å². The van der Waals surface area contributed by atoms with Crippen LogP contribution in [0.5, 0.6) is 0 Å². The Hall–Kier alpha value is 0.307. The average Bonchev–Trinajstić information content (AvgIpc) is 2.79. The first-order valence-corrected chi connectivity index (χ1v) is 15.5. The summed E-state index contributed by atoms with van der Waals surface area (Å²) >= 11 is 0. The van der Waals surface area contributed by atoms with Gasteiger partial charge in [-0.2, -0.15) is 0 Å². The molecule has 0 saturated heterocycles. The minimum absolute atomic E-state index is 0. The molecule has 0 bridgehead atoms. The SMILES string of the molecule is CCCCCCCCCCCCCCCCCCNC(C)(C)C(N)C[Si](OC)(OC)OC.Cl. The van der Waals surface area contributed by atoms with E-state index in [0.29, 0.717) is 6.04 Å². The maximum Gasteiger partial charge on any atom is 0.501 e. The fourth-order valence-corrected chi connectivity index (χ4v) is 6.29. The molecule has 0 spiro atoms. The third-order valence-electron chi connectivity index (χ3n) is 6.94. The Kier molecular flexibility index (Phi) is 24.5. The predicted octanol–water partition coefficient (Wildman–Crippen LogP) is 7.24. The summed E-state index contributed by atoms with van der Waals surface area (Å²) in [4.78, 5) is 0. The van der Waals surface area contributed by atoms with Gasteiger partial charge in [0.1, 0.15) is 0 Å². The molecule has 0 saturated carbocycles. The number of unbranched alkanes of at least 4 members (excludes halogenated alkanes) is 15. The van der Waals surface area contributed by atoms with Crippen molar-refractivity contribution in [2.24, 2.45) is 5.73 Å². The second kappa shape index (κ2) is 22.8. The highest BCUT2D eigenvalue weighted by Crippen LogP contribution is 2.21. The molecular weight excluding hydrogens is 452 g/mol. The highest BCUT2D eigenvalue weighted by atomic mass is 35.5. The van der Waals surface area contributed by atoms with Crippen molar-refractivity contribution in [2.75, 3.05) is 27.9 Å². The van der Waals surface area contributed by atoms with Gasteiger partial charge < -0.3 is 24.3 Å². The van der Waals surface area contributed by atoms with Crippen LogP contribution in [0.25, 0.3) is 0 Å². The molecule has 7 heteroatoms. The zero-order valence-corrected chi connectivity index (χ0v) is 24.8. The Morgan fingerprint density at radius 2 is 1.00 bits per heavy atom. The van der Waals surface area contributed by atoms with Gasteiger partial charge in [-0.1, -0.05) is 103 Å². The number of halogens is 1. The molecule has 0 radical (unpaired) electrons. The first-order valence-electron chi connectivity index (χ1n) is 13.5. The monoisotopic (exact) mass is 510 g/mol. The molecule has 0 aromatic heterocycles. The summed E-state index contributed by atoms with van der Waals surface area (Å²) in [7, 11) is 2.28. The zero-order valence-electron chi connectivity index (χ0n) is 23.0. The molecule has 0 heterocycles. The second-order valence-corrected chi connectivity index (χ2v) is 13.1. The lowest BCUT2D eigenvalue weighted by Crippen LogP contribution is -2.59. The van der Waals surface area contributed by atoms with Crippen molar-refractivity contribution in [3.05, 3.63) is 0 Å². The fraction of sp³-hybridized carbons (Fsp3) is 1.00. The quantitative estimate of drug-likeness (QED) is 0.106. The molecule has 0 amide bonds. The number of rotatable bonds is 24. The summed E-state index contributed by atoms with van der Waals surface area (Å²) in [6.45, 7) is 7.60. The van der Waals surface area contributed by atoms with E-state index < -0.39 is 8.80 Å². The molecule has 5 nitrogen and oxygen atoms in total. The summed E-state index contributed by atoms with van der Waals surface area (Å²) < 4.78 is 16.6. The maximum atomic E-state index is 6.47. The molecule has 0 aliphatic heterocycles. The van der Waals surface area contributed by atoms with E-state index in [9.17, 15) is 0 Å². The van der Waals surface area contributed by atoms with Crippen LogP contribution >= 0.6 is 12.4 Å². The van der Waals surface area contributed by atoms with Gasteiger partial charge in [-0.3, -0.25) is 0 Å². The Labute approximate surface area is 214 Å². The van der Waals surface area contributed by atoms with Gasteiger partial charge in [-0.25, -0.2) is 0 Å². The normalized spacial score (nSPS) is 13.2. The summed E-state index contributed by atoms with van der Waals surface area (Å²) in [5, 5.41) is 3.63. The number of nitrogens with two attached hydrogens (primary N) is 1. The van der Waals surface area contributed by atoms with Crippen molar-refractivity contribution in [2.45, 2.75) is 141 Å². The molecule has 0 aliphatic carbocycles. The lowest BCUT2D eigenvalue weighted by atomic mass is 9.96. The lowest BCUT2D eigenvalue weighted by Gasteiger charge is -2.36. The summed E-state index contributed by atoms with van der Waals surface area (Å²) in [5.74, 6) is 0. The molecule has 1 atom stereocenters. The van der Waals surface area contributed by atoms with Crippen LogP contribution in [0.15, 0.2) is 0 Å². The molecule has 3 N–H and O–H groups in total. The molecule has 0 rings (SSSR count). The Balaban J connectivity index is 0. The minimum Gasteiger partial charge on any atom is -0.377 e. The van der Waals surface area contributed by atoms with Crippen molar-refractivity contribution in [3.63, 3.8) is 0 Å². The van der Waals surface area contributed by atoms with Crippen molar-refractivity contribution in [3.8, 4) is 0 Å². The Morgan fingerprint density at radius 3 is 1.33 bits per heavy atom. The van der Waals surface area contributed by atoms with E-state index in [1.54, 1.807) is 21.3 Å². The topological polar surface area (TPSA) is 65.7 Å². The van der Waals surface area contributed by atoms with Crippen molar-refractivity contribution in [1.29, 1.82) is 0 Å². The predicted molar refractivity (Wildman–Crippen MR) is 148 cm³/mol. The van der Waals surface area contributed by atoms with Crippen LogP contribution in [-0.2, 0) is 13.3 Å². The summed E-state index contributed by atoms with van der Waals surface area (Å²) in [6.07, 6.45) is 22.4. The minimum atomic E-state index is -2.65. The van der Waals surface area contributed by atoms with Crippen LogP contribution in [0, 0.1) is 0 Å². The molecule has 0 aromatic rings. The van der Waals surface area contributed by atoms with Gasteiger partial charge in [0.15, 0.2) is 0 Å². The molecule has 0 aromatic carbocycles. The van der Waals surface area contributed by atoms with Gasteiger partial charge in [-0.05, 0) is 26.8 Å². The Bertz CT molecular complexity index is 405. The molecule has 0 fully saturated rings. The van der Waals surface area contributed by atoms with E-state index in [4.69, 9.17) is 19.0 Å². The van der Waals surface area contributed by atoms with Gasteiger partial charge in [0.25, 0.3) is 0 Å². The van der Waals surface area contributed by atoms with E-state index in [1.165, 1.54) is 103 Å². The van der Waals surface area contributed by atoms with Crippen LogP contribution in [0.3, 0.4) is 0 Å². The van der Waals surface area contributed by atoms with Crippen molar-refractivity contribution >= 4 is 21.2 Å². The van der Waals surface area contributed by atoms with Gasteiger partial charge in [-0.15, -0.1) is 12.4 Å². The number of hydrogen-bond donors (Lipinski definition) is 2. The van der Waals surface area contributed by atoms with Gasteiger partial charge in [0, 0.05) is 39.0 Å². The summed E-state index contributed by atoms with van der Waals surface area (Å²) in [6, 6.07) is 0.519. The molecular formula is C26H59ClN2O3Si. The highest BCUT2D eigenvalue weighted by Gasteiger charge is 2.43. The highest BCUT2D eigenvalue weighted by molar-refractivity contribution is 6.60. The van der Waals surface area contributed by atoms with E-state index in [-0.39, 0.29) is 24.0 Å². The van der Waals surface area contributed by atoms with Crippen LogP contribution in [-0.4, -0.2) is 48.3 Å². The summed E-state index contributed by atoms with van der Waals surface area (Å²) in [5.41, 5.74) is 6.29. The third-order valence-corrected chi connectivity index (χ3v) is 9.75. The van der Waals surface area contributed by atoms with E-state index in [0.717, 1.165) is 6.54 Å². The third kappa shape index (κ3) is 18.3. The first kappa shape index (κ1) is 35.5. The maximum absolute atomic E-state index is 6.47. The van der Waals surface area contributed by atoms with Crippen LogP contribution in [0.2, 0.25) is 6.04 Å².